The summed E-state index contributed by atoms with van der Waals surface area (Å²) in [5.74, 6) is -0.599. The highest BCUT2D eigenvalue weighted by molar-refractivity contribution is 5.76. The molecule has 0 aliphatic rings. The number of hydrogen-bond donors (Lipinski definition) is 3. The summed E-state index contributed by atoms with van der Waals surface area (Å²) in [4.78, 5) is 10.4. The van der Waals surface area contributed by atoms with Crippen molar-refractivity contribution in [2.45, 2.75) is 6.42 Å². The van der Waals surface area contributed by atoms with E-state index in [1.54, 1.807) is 0 Å². The van der Waals surface area contributed by atoms with Gasteiger partial charge in [-0.2, -0.15) is 0 Å². The summed E-state index contributed by atoms with van der Waals surface area (Å²) < 4.78 is 0. The SMILES string of the molecule is NCCC(CN)C(N)=O. The Bertz CT molecular complexity index is 94.2. The number of primary amides is 1. The third-order valence-electron chi connectivity index (χ3n) is 1.20. The van der Waals surface area contributed by atoms with Crippen LogP contribution in [0, 0.1) is 5.92 Å². The Morgan fingerprint density at radius 1 is 1.44 bits per heavy atom. The molecule has 0 aromatic rings. The van der Waals surface area contributed by atoms with E-state index in [9.17, 15) is 4.79 Å². The van der Waals surface area contributed by atoms with Crippen LogP contribution in [0.15, 0.2) is 0 Å². The number of carbonyl (C=O) groups is 1. The van der Waals surface area contributed by atoms with Gasteiger partial charge in [0, 0.05) is 6.54 Å². The molecule has 0 saturated carbocycles. The van der Waals surface area contributed by atoms with E-state index in [4.69, 9.17) is 17.2 Å². The molecule has 0 radical (unpaired) electrons. The molecule has 4 nitrogen and oxygen atoms in total. The van der Waals surface area contributed by atoms with Crippen LogP contribution >= 0.6 is 0 Å². The number of hydrogen-bond acceptors (Lipinski definition) is 3. The van der Waals surface area contributed by atoms with Crippen LogP contribution in [0.5, 0.6) is 0 Å². The topological polar surface area (TPSA) is 95.1 Å². The zero-order chi connectivity index (χ0) is 7.28. The monoisotopic (exact) mass is 131 g/mol. The van der Waals surface area contributed by atoms with Gasteiger partial charge in [0.2, 0.25) is 5.91 Å². The Morgan fingerprint density at radius 3 is 2.11 bits per heavy atom. The molecule has 0 saturated heterocycles. The molecule has 1 unspecified atom stereocenters. The molecule has 4 heteroatoms. The van der Waals surface area contributed by atoms with Crippen molar-refractivity contribution < 1.29 is 4.79 Å². The van der Waals surface area contributed by atoms with Gasteiger partial charge in [0.05, 0.1) is 5.92 Å². The zero-order valence-electron chi connectivity index (χ0n) is 5.34. The maximum Gasteiger partial charge on any atom is 0.221 e. The van der Waals surface area contributed by atoms with Gasteiger partial charge in [0.15, 0.2) is 0 Å². The molecular weight excluding hydrogens is 118 g/mol. The van der Waals surface area contributed by atoms with E-state index in [-0.39, 0.29) is 11.8 Å². The fourth-order valence-corrected chi connectivity index (χ4v) is 0.577. The summed E-state index contributed by atoms with van der Waals surface area (Å²) in [6.07, 6.45) is 0.589. The molecule has 1 atom stereocenters. The smallest absolute Gasteiger partial charge is 0.221 e. The molecule has 0 aliphatic carbocycles. The third kappa shape index (κ3) is 3.05. The molecular formula is C5H13N3O. The number of carbonyl (C=O) groups excluding carboxylic acids is 1. The summed E-state index contributed by atoms with van der Waals surface area (Å²) in [7, 11) is 0. The zero-order valence-corrected chi connectivity index (χ0v) is 5.34. The Balaban J connectivity index is 3.54. The molecule has 9 heavy (non-hydrogen) atoms. The second kappa shape index (κ2) is 4.29. The van der Waals surface area contributed by atoms with Crippen molar-refractivity contribution in [1.82, 2.24) is 0 Å². The average Bonchev–Trinajstić information content (AvgIpc) is 1.82. The first-order chi connectivity index (χ1) is 4.22. The lowest BCUT2D eigenvalue weighted by atomic mass is 10.1. The van der Waals surface area contributed by atoms with Crippen molar-refractivity contribution in [2.24, 2.45) is 23.1 Å². The lowest BCUT2D eigenvalue weighted by molar-refractivity contribution is -0.121. The van der Waals surface area contributed by atoms with Crippen LogP contribution in [0.2, 0.25) is 0 Å². The van der Waals surface area contributed by atoms with Crippen LogP contribution in [-0.4, -0.2) is 19.0 Å². The van der Waals surface area contributed by atoms with Crippen molar-refractivity contribution in [1.29, 1.82) is 0 Å². The van der Waals surface area contributed by atoms with Crippen molar-refractivity contribution in [2.75, 3.05) is 13.1 Å². The van der Waals surface area contributed by atoms with E-state index in [2.05, 4.69) is 0 Å². The van der Waals surface area contributed by atoms with E-state index < -0.39 is 0 Å². The molecule has 0 spiro atoms. The van der Waals surface area contributed by atoms with Gasteiger partial charge in [0.1, 0.15) is 0 Å². The molecule has 0 aromatic carbocycles. The number of rotatable bonds is 4. The second-order valence-corrected chi connectivity index (χ2v) is 1.91. The molecule has 0 aromatic heterocycles. The minimum absolute atomic E-state index is 0.241. The van der Waals surface area contributed by atoms with Gasteiger partial charge in [-0.25, -0.2) is 0 Å². The summed E-state index contributed by atoms with van der Waals surface area (Å²) in [5, 5.41) is 0. The minimum atomic E-state index is -0.358. The molecule has 54 valence electrons. The highest BCUT2D eigenvalue weighted by atomic mass is 16.1. The van der Waals surface area contributed by atoms with E-state index in [0.717, 1.165) is 0 Å². The van der Waals surface area contributed by atoms with Crippen LogP contribution in [0.25, 0.3) is 0 Å². The maximum atomic E-state index is 10.4. The quantitative estimate of drug-likeness (QED) is 0.428. The molecule has 0 heterocycles. The Morgan fingerprint density at radius 2 is 2.00 bits per heavy atom. The van der Waals surface area contributed by atoms with E-state index >= 15 is 0 Å². The van der Waals surface area contributed by atoms with Crippen LogP contribution in [0.4, 0.5) is 0 Å². The van der Waals surface area contributed by atoms with Gasteiger partial charge in [-0.1, -0.05) is 0 Å². The lowest BCUT2D eigenvalue weighted by Gasteiger charge is -2.06. The first-order valence-corrected chi connectivity index (χ1v) is 2.91. The Labute approximate surface area is 54.4 Å². The second-order valence-electron chi connectivity index (χ2n) is 1.91. The molecule has 0 aliphatic heterocycles. The minimum Gasteiger partial charge on any atom is -0.369 e. The predicted octanol–water partition coefficient (Wildman–Crippen LogP) is -1.60. The molecule has 0 fully saturated rings. The molecule has 1 amide bonds. The first-order valence-electron chi connectivity index (χ1n) is 2.91. The third-order valence-corrected chi connectivity index (χ3v) is 1.20. The van der Waals surface area contributed by atoms with Crippen molar-refractivity contribution >= 4 is 5.91 Å². The fourth-order valence-electron chi connectivity index (χ4n) is 0.577. The lowest BCUT2D eigenvalue weighted by Crippen LogP contribution is -2.31. The number of amides is 1. The summed E-state index contributed by atoms with van der Waals surface area (Å²) in [6.45, 7) is 0.761. The summed E-state index contributed by atoms with van der Waals surface area (Å²) in [5.41, 5.74) is 15.3. The van der Waals surface area contributed by atoms with Gasteiger partial charge < -0.3 is 17.2 Å². The van der Waals surface area contributed by atoms with Gasteiger partial charge in [-0.3, -0.25) is 4.79 Å². The highest BCUT2D eigenvalue weighted by Gasteiger charge is 2.10. The molecule has 0 rings (SSSR count). The van der Waals surface area contributed by atoms with E-state index in [1.807, 2.05) is 0 Å². The van der Waals surface area contributed by atoms with E-state index in [0.29, 0.717) is 19.5 Å². The van der Waals surface area contributed by atoms with Crippen LogP contribution in [-0.2, 0) is 4.79 Å². The van der Waals surface area contributed by atoms with Gasteiger partial charge in [0.25, 0.3) is 0 Å². The Hall–Kier alpha value is -0.610. The van der Waals surface area contributed by atoms with E-state index in [1.165, 1.54) is 0 Å². The standard InChI is InChI=1S/C5H13N3O/c6-2-1-4(3-7)5(8)9/h4H,1-3,6-7H2,(H2,8,9). The van der Waals surface area contributed by atoms with Crippen molar-refractivity contribution in [3.8, 4) is 0 Å². The van der Waals surface area contributed by atoms with Crippen LogP contribution < -0.4 is 17.2 Å². The average molecular weight is 131 g/mol. The van der Waals surface area contributed by atoms with Gasteiger partial charge >= 0.3 is 0 Å². The Kier molecular flexibility index (Phi) is 4.00. The van der Waals surface area contributed by atoms with Gasteiger partial charge in [-0.05, 0) is 13.0 Å². The van der Waals surface area contributed by atoms with Gasteiger partial charge in [-0.15, -0.1) is 0 Å². The first kappa shape index (κ1) is 8.39. The number of nitrogens with two attached hydrogens (primary N) is 3. The van der Waals surface area contributed by atoms with Crippen LogP contribution in [0.3, 0.4) is 0 Å². The van der Waals surface area contributed by atoms with Crippen molar-refractivity contribution in [3.63, 3.8) is 0 Å². The molecule has 6 N–H and O–H groups in total. The summed E-state index contributed by atoms with van der Waals surface area (Å²) >= 11 is 0. The van der Waals surface area contributed by atoms with Crippen molar-refractivity contribution in [3.05, 3.63) is 0 Å². The maximum absolute atomic E-state index is 10.4. The largest absolute Gasteiger partial charge is 0.369 e. The normalized spacial score (nSPS) is 13.1. The predicted molar refractivity (Wildman–Crippen MR) is 35.4 cm³/mol. The molecule has 0 bridgehead atoms. The highest BCUT2D eigenvalue weighted by Crippen LogP contribution is 1.95. The fraction of sp³-hybridized carbons (Fsp3) is 0.800. The van der Waals surface area contributed by atoms with Crippen LogP contribution in [0.1, 0.15) is 6.42 Å². The summed E-state index contributed by atoms with van der Waals surface area (Å²) in [6, 6.07) is 0.